The second kappa shape index (κ2) is 7.58. The summed E-state index contributed by atoms with van der Waals surface area (Å²) in [7, 11) is 3.99. The molecule has 0 aromatic heterocycles. The largest absolute Gasteiger partial charge is 0.456 e. The highest BCUT2D eigenvalue weighted by Crippen LogP contribution is 2.01. The Balaban J connectivity index is 3.81. The van der Waals surface area contributed by atoms with Crippen LogP contribution >= 0.6 is 0 Å². The second-order valence-corrected chi connectivity index (χ2v) is 5.73. The minimum absolute atomic E-state index is 0.285. The molecule has 5 nitrogen and oxygen atoms in total. The smallest absolute Gasteiger partial charge is 0.333 e. The summed E-state index contributed by atoms with van der Waals surface area (Å²) in [6.45, 7) is 6.89. The zero-order valence-corrected chi connectivity index (χ0v) is 11.6. The molecule has 100 valence electrons. The van der Waals surface area contributed by atoms with Gasteiger partial charge < -0.3 is 13.8 Å². The molecule has 6 heteroatoms. The Morgan fingerprint density at radius 3 is 2.47 bits per heavy atom. The maximum absolute atomic E-state index is 11.1. The van der Waals surface area contributed by atoms with Gasteiger partial charge in [-0.2, -0.15) is 0 Å². The van der Waals surface area contributed by atoms with Gasteiger partial charge in [-0.25, -0.2) is 9.00 Å². The van der Waals surface area contributed by atoms with Crippen molar-refractivity contribution in [3.8, 4) is 0 Å². The monoisotopic (exact) mass is 264 g/mol. The molecule has 17 heavy (non-hydrogen) atoms. The highest BCUT2D eigenvalue weighted by atomic mass is 32.2. The molecule has 0 heterocycles. The van der Waals surface area contributed by atoms with Crippen LogP contribution in [0.3, 0.4) is 0 Å². The van der Waals surface area contributed by atoms with Gasteiger partial charge in [0.2, 0.25) is 0 Å². The third kappa shape index (κ3) is 9.02. The van der Waals surface area contributed by atoms with Gasteiger partial charge in [0.05, 0.1) is 26.4 Å². The Labute approximate surface area is 105 Å². The summed E-state index contributed by atoms with van der Waals surface area (Å²) in [6, 6.07) is 0. The van der Waals surface area contributed by atoms with Crippen LogP contribution in [-0.4, -0.2) is 58.8 Å². The first-order chi connectivity index (χ1) is 7.74. The van der Waals surface area contributed by atoms with E-state index < -0.39 is 11.1 Å². The highest BCUT2D eigenvalue weighted by Gasteiger charge is 2.16. The van der Waals surface area contributed by atoms with E-state index in [1.165, 1.54) is 0 Å². The lowest BCUT2D eigenvalue weighted by atomic mass is 10.3. The number of quaternary nitrogens is 1. The molecule has 1 N–H and O–H groups in total. The molecule has 0 saturated carbocycles. The van der Waals surface area contributed by atoms with E-state index in [1.807, 2.05) is 14.1 Å². The van der Waals surface area contributed by atoms with Gasteiger partial charge in [0.15, 0.2) is 11.1 Å². The molecule has 1 unspecified atom stereocenters. The number of esters is 1. The van der Waals surface area contributed by atoms with E-state index >= 15 is 0 Å². The summed E-state index contributed by atoms with van der Waals surface area (Å²) in [4.78, 5) is 11.1. The molecule has 0 aromatic carbocycles. The zero-order valence-electron chi connectivity index (χ0n) is 10.8. The third-order valence-corrected chi connectivity index (χ3v) is 3.00. The number of carbonyl (C=O) groups excluding carboxylic acids is 1. The molecule has 0 saturated heterocycles. The van der Waals surface area contributed by atoms with Crippen molar-refractivity contribution in [2.45, 2.75) is 13.3 Å². The normalized spacial score (nSPS) is 13.2. The lowest BCUT2D eigenvalue weighted by Crippen LogP contribution is -2.43. The number of carbonyl (C=O) groups is 1. The van der Waals surface area contributed by atoms with Gasteiger partial charge in [0.25, 0.3) is 0 Å². The fourth-order valence-corrected chi connectivity index (χ4v) is 1.61. The Morgan fingerprint density at radius 2 is 2.00 bits per heavy atom. The molecule has 0 aliphatic carbocycles. The highest BCUT2D eigenvalue weighted by molar-refractivity contribution is 7.79. The minimum Gasteiger partial charge on any atom is -0.456 e. The summed E-state index contributed by atoms with van der Waals surface area (Å²) in [6.07, 6.45) is 0.671. The van der Waals surface area contributed by atoms with Gasteiger partial charge in [-0.3, -0.25) is 0 Å². The zero-order chi connectivity index (χ0) is 13.5. The van der Waals surface area contributed by atoms with Crippen LogP contribution in [-0.2, 0) is 20.6 Å². The van der Waals surface area contributed by atoms with E-state index in [0.717, 1.165) is 6.54 Å². The van der Waals surface area contributed by atoms with Crippen LogP contribution in [0.1, 0.15) is 13.3 Å². The molecule has 0 spiro atoms. The Kier molecular flexibility index (Phi) is 7.26. The van der Waals surface area contributed by atoms with Crippen LogP contribution < -0.4 is 0 Å². The Hall–Kier alpha value is -0.720. The number of nitrogens with zero attached hydrogens (tertiary/aromatic N) is 1. The molecule has 0 aliphatic rings. The standard InChI is InChI=1S/C11H21NO4S/c1-10(2)11(13)16-8-7-12(3,4)6-5-9-17(14)15/h1,5-9H2,2-4H3/p+1. The van der Waals surface area contributed by atoms with Gasteiger partial charge in [-0.15, -0.1) is 0 Å². The van der Waals surface area contributed by atoms with Crippen molar-refractivity contribution < 1.29 is 22.8 Å². The number of likely N-dealkylation sites (N-methyl/N-ethyl adjacent to an activating group) is 1. The number of hydrogen-bond donors (Lipinski definition) is 1. The van der Waals surface area contributed by atoms with E-state index in [9.17, 15) is 9.00 Å². The summed E-state index contributed by atoms with van der Waals surface area (Å²) in [5, 5.41) is 0. The molecule has 1 atom stereocenters. The lowest BCUT2D eigenvalue weighted by Gasteiger charge is -2.29. The summed E-state index contributed by atoms with van der Waals surface area (Å²) in [5.41, 5.74) is 0.394. The number of ether oxygens (including phenoxy) is 1. The van der Waals surface area contributed by atoms with Crippen LogP contribution in [0.4, 0.5) is 0 Å². The maximum Gasteiger partial charge on any atom is 0.333 e. The van der Waals surface area contributed by atoms with Crippen LogP contribution in [0, 0.1) is 0 Å². The fraction of sp³-hybridized carbons (Fsp3) is 0.727. The first-order valence-corrected chi connectivity index (χ1v) is 6.74. The predicted molar refractivity (Wildman–Crippen MR) is 67.9 cm³/mol. The van der Waals surface area contributed by atoms with Gasteiger partial charge >= 0.3 is 5.97 Å². The van der Waals surface area contributed by atoms with Crippen molar-refractivity contribution in [2.24, 2.45) is 0 Å². The van der Waals surface area contributed by atoms with Crippen LogP contribution in [0.25, 0.3) is 0 Å². The van der Waals surface area contributed by atoms with Gasteiger partial charge in [-0.05, 0) is 6.92 Å². The van der Waals surface area contributed by atoms with E-state index in [2.05, 4.69) is 6.58 Å². The quantitative estimate of drug-likeness (QED) is 0.305. The Morgan fingerprint density at radius 1 is 1.41 bits per heavy atom. The number of hydrogen-bond acceptors (Lipinski definition) is 3. The van der Waals surface area contributed by atoms with Gasteiger partial charge in [0.1, 0.15) is 13.2 Å². The van der Waals surface area contributed by atoms with Crippen molar-refractivity contribution in [3.63, 3.8) is 0 Å². The Bertz CT molecular complexity index is 302. The summed E-state index contributed by atoms with van der Waals surface area (Å²) < 4.78 is 24.8. The average Bonchev–Trinajstić information content (AvgIpc) is 2.15. The van der Waals surface area contributed by atoms with Crippen molar-refractivity contribution in [3.05, 3.63) is 12.2 Å². The predicted octanol–water partition coefficient (Wildman–Crippen LogP) is 0.794. The first kappa shape index (κ1) is 16.3. The van der Waals surface area contributed by atoms with Crippen molar-refractivity contribution in [2.75, 3.05) is 39.5 Å². The van der Waals surface area contributed by atoms with E-state index in [4.69, 9.17) is 9.29 Å². The van der Waals surface area contributed by atoms with Crippen LogP contribution in [0.15, 0.2) is 12.2 Å². The molecular weight excluding hydrogens is 242 g/mol. The van der Waals surface area contributed by atoms with Crippen LogP contribution in [0.5, 0.6) is 0 Å². The first-order valence-electron chi connectivity index (χ1n) is 5.47. The van der Waals surface area contributed by atoms with Gasteiger partial charge in [-0.1, -0.05) is 6.58 Å². The average molecular weight is 264 g/mol. The molecule has 0 aliphatic heterocycles. The molecular formula is C11H22NO4S+. The molecule has 0 radical (unpaired) electrons. The van der Waals surface area contributed by atoms with Crippen LogP contribution in [0.2, 0.25) is 0 Å². The molecule has 0 rings (SSSR count). The molecule has 0 bridgehead atoms. The van der Waals surface area contributed by atoms with Gasteiger partial charge in [0, 0.05) is 12.0 Å². The van der Waals surface area contributed by atoms with E-state index in [1.54, 1.807) is 6.92 Å². The second-order valence-electron chi connectivity index (χ2n) is 4.68. The third-order valence-electron chi connectivity index (χ3n) is 2.36. The molecule has 0 amide bonds. The SMILES string of the molecule is C=C(C)C(=O)OCC[N+](C)(C)CCCS(=O)O. The topological polar surface area (TPSA) is 63.6 Å². The summed E-state index contributed by atoms with van der Waals surface area (Å²) in [5.74, 6) is -0.0887. The fourth-order valence-electron chi connectivity index (χ4n) is 1.24. The summed E-state index contributed by atoms with van der Waals surface area (Å²) >= 11 is -1.73. The van der Waals surface area contributed by atoms with Crippen molar-refractivity contribution in [1.29, 1.82) is 0 Å². The lowest BCUT2D eigenvalue weighted by molar-refractivity contribution is -0.890. The van der Waals surface area contributed by atoms with Crippen molar-refractivity contribution in [1.82, 2.24) is 0 Å². The van der Waals surface area contributed by atoms with E-state index in [-0.39, 0.29) is 11.7 Å². The minimum atomic E-state index is -1.73. The molecule has 0 fully saturated rings. The van der Waals surface area contributed by atoms with Crippen molar-refractivity contribution >= 4 is 17.0 Å². The van der Waals surface area contributed by atoms with E-state index in [0.29, 0.717) is 29.6 Å². The number of rotatable bonds is 8. The molecule has 0 aromatic rings. The maximum atomic E-state index is 11.1.